The molecule has 0 saturated carbocycles. The van der Waals surface area contributed by atoms with Gasteiger partial charge in [0.1, 0.15) is 5.76 Å². The maximum atomic E-state index is 12.2. The van der Waals surface area contributed by atoms with E-state index in [-0.39, 0.29) is 18.0 Å². The third-order valence-electron chi connectivity index (χ3n) is 2.19. The number of hydrogen-bond donors (Lipinski definition) is 1. The van der Waals surface area contributed by atoms with Crippen LogP contribution in [0.25, 0.3) is 0 Å². The van der Waals surface area contributed by atoms with Gasteiger partial charge in [-0.25, -0.2) is 0 Å². The van der Waals surface area contributed by atoms with Gasteiger partial charge in [-0.2, -0.15) is 0 Å². The van der Waals surface area contributed by atoms with Crippen LogP contribution in [-0.2, 0) is 6.54 Å². The molecule has 0 bridgehead atoms. The molecule has 0 fully saturated rings. The zero-order chi connectivity index (χ0) is 13.9. The minimum atomic E-state index is -4.72. The summed E-state index contributed by atoms with van der Waals surface area (Å²) in [6.45, 7) is 0.254. The molecule has 0 aliphatic rings. The molecule has 0 amide bonds. The molecule has 102 valence electrons. The third-order valence-corrected chi connectivity index (χ3v) is 2.62. The summed E-state index contributed by atoms with van der Waals surface area (Å²) < 4.78 is 46.4. The molecule has 0 spiro atoms. The largest absolute Gasteiger partial charge is 0.573 e. The van der Waals surface area contributed by atoms with Crippen molar-refractivity contribution in [1.82, 2.24) is 0 Å². The number of para-hydroxylation sites is 2. The number of hydrogen-bond acceptors (Lipinski definition) is 3. The van der Waals surface area contributed by atoms with Gasteiger partial charge in [0.2, 0.25) is 0 Å². The number of benzene rings is 1. The fraction of sp³-hybridized carbons (Fsp3) is 0.167. The summed E-state index contributed by atoms with van der Waals surface area (Å²) in [7, 11) is 0. The van der Waals surface area contributed by atoms with Gasteiger partial charge in [0, 0.05) is 0 Å². The van der Waals surface area contributed by atoms with Crippen molar-refractivity contribution in [3.05, 3.63) is 46.8 Å². The van der Waals surface area contributed by atoms with Gasteiger partial charge in [-0.1, -0.05) is 12.1 Å². The normalized spacial score (nSPS) is 11.4. The predicted molar refractivity (Wildman–Crippen MR) is 66.9 cm³/mol. The van der Waals surface area contributed by atoms with Crippen LogP contribution in [0.1, 0.15) is 5.76 Å². The summed E-state index contributed by atoms with van der Waals surface area (Å²) in [5, 5.41) is 2.83. The first kappa shape index (κ1) is 13.8. The molecule has 1 aromatic heterocycles. The van der Waals surface area contributed by atoms with Gasteiger partial charge < -0.3 is 14.5 Å². The van der Waals surface area contributed by atoms with E-state index in [0.717, 1.165) is 0 Å². The van der Waals surface area contributed by atoms with E-state index in [1.807, 2.05) is 0 Å². The molecule has 19 heavy (non-hydrogen) atoms. The van der Waals surface area contributed by atoms with Crippen molar-refractivity contribution in [2.24, 2.45) is 0 Å². The van der Waals surface area contributed by atoms with E-state index < -0.39 is 6.36 Å². The standard InChI is InChI=1S/C12H9BrF3NO2/c13-11-6-5-8(18-11)7-17-9-3-1-2-4-10(9)19-12(14,15)16/h1-6,17H,7H2. The smallest absolute Gasteiger partial charge is 0.452 e. The number of rotatable bonds is 4. The van der Waals surface area contributed by atoms with Crippen molar-refractivity contribution < 1.29 is 22.3 Å². The first-order chi connectivity index (χ1) is 8.94. The van der Waals surface area contributed by atoms with E-state index in [2.05, 4.69) is 26.0 Å². The molecule has 7 heteroatoms. The number of halogens is 4. The Labute approximate surface area is 115 Å². The topological polar surface area (TPSA) is 34.4 Å². The average Bonchev–Trinajstić information content (AvgIpc) is 2.72. The number of nitrogens with one attached hydrogen (secondary N) is 1. The van der Waals surface area contributed by atoms with Gasteiger partial charge in [-0.15, -0.1) is 13.2 Å². The summed E-state index contributed by atoms with van der Waals surface area (Å²) in [6.07, 6.45) is -4.72. The summed E-state index contributed by atoms with van der Waals surface area (Å²) in [4.78, 5) is 0. The van der Waals surface area contributed by atoms with Crippen LogP contribution in [0.4, 0.5) is 18.9 Å². The van der Waals surface area contributed by atoms with Gasteiger partial charge >= 0.3 is 6.36 Å². The Hall–Kier alpha value is -1.63. The minimum Gasteiger partial charge on any atom is -0.452 e. The van der Waals surface area contributed by atoms with Crippen molar-refractivity contribution in [2.75, 3.05) is 5.32 Å². The van der Waals surface area contributed by atoms with Crippen molar-refractivity contribution in [3.63, 3.8) is 0 Å². The van der Waals surface area contributed by atoms with Crippen molar-refractivity contribution in [2.45, 2.75) is 12.9 Å². The first-order valence-corrected chi connectivity index (χ1v) is 6.06. The van der Waals surface area contributed by atoms with Gasteiger partial charge in [0.05, 0.1) is 12.2 Å². The van der Waals surface area contributed by atoms with Crippen molar-refractivity contribution in [1.29, 1.82) is 0 Å². The quantitative estimate of drug-likeness (QED) is 0.889. The second-order valence-electron chi connectivity index (χ2n) is 3.60. The van der Waals surface area contributed by atoms with Crippen LogP contribution in [0.2, 0.25) is 0 Å². The number of anilines is 1. The second kappa shape index (κ2) is 5.56. The van der Waals surface area contributed by atoms with E-state index >= 15 is 0 Å². The van der Waals surface area contributed by atoms with Crippen LogP contribution < -0.4 is 10.1 Å². The van der Waals surface area contributed by atoms with E-state index in [1.165, 1.54) is 18.2 Å². The fourth-order valence-electron chi connectivity index (χ4n) is 1.46. The molecule has 0 aliphatic carbocycles. The molecule has 0 radical (unpaired) electrons. The average molecular weight is 336 g/mol. The zero-order valence-corrected chi connectivity index (χ0v) is 11.1. The highest BCUT2D eigenvalue weighted by Crippen LogP contribution is 2.30. The van der Waals surface area contributed by atoms with Crippen LogP contribution in [-0.4, -0.2) is 6.36 Å². The Morgan fingerprint density at radius 1 is 1.16 bits per heavy atom. The molecule has 0 saturated heterocycles. The molecule has 2 rings (SSSR count). The molecular formula is C12H9BrF3NO2. The summed E-state index contributed by atoms with van der Waals surface area (Å²) in [5.41, 5.74) is 0.243. The lowest BCUT2D eigenvalue weighted by atomic mass is 10.3. The second-order valence-corrected chi connectivity index (χ2v) is 4.38. The molecule has 0 unspecified atom stereocenters. The highest BCUT2D eigenvalue weighted by molar-refractivity contribution is 9.10. The van der Waals surface area contributed by atoms with Gasteiger partial charge in [-0.05, 0) is 40.2 Å². The zero-order valence-electron chi connectivity index (χ0n) is 9.50. The summed E-state index contributed by atoms with van der Waals surface area (Å²) in [5.74, 6) is 0.314. The first-order valence-electron chi connectivity index (χ1n) is 5.27. The Morgan fingerprint density at radius 3 is 2.53 bits per heavy atom. The lowest BCUT2D eigenvalue weighted by Crippen LogP contribution is -2.18. The van der Waals surface area contributed by atoms with Crippen LogP contribution in [0.5, 0.6) is 5.75 Å². The van der Waals surface area contributed by atoms with E-state index in [9.17, 15) is 13.2 Å². The van der Waals surface area contributed by atoms with E-state index in [4.69, 9.17) is 4.42 Å². The van der Waals surface area contributed by atoms with Gasteiger partial charge in [0.15, 0.2) is 10.4 Å². The number of alkyl halides is 3. The third kappa shape index (κ3) is 4.20. The summed E-state index contributed by atoms with van der Waals surface area (Å²) in [6, 6.07) is 9.24. The fourth-order valence-corrected chi connectivity index (χ4v) is 1.80. The molecular weight excluding hydrogens is 327 g/mol. The van der Waals surface area contributed by atoms with Crippen molar-refractivity contribution >= 4 is 21.6 Å². The van der Waals surface area contributed by atoms with E-state index in [1.54, 1.807) is 18.2 Å². The van der Waals surface area contributed by atoms with Crippen molar-refractivity contribution in [3.8, 4) is 5.75 Å². The number of furan rings is 1. The predicted octanol–water partition coefficient (Wildman–Crippen LogP) is 4.55. The Morgan fingerprint density at radius 2 is 1.89 bits per heavy atom. The Balaban J connectivity index is 2.07. The van der Waals surface area contributed by atoms with Gasteiger partial charge in [-0.3, -0.25) is 0 Å². The molecule has 1 aromatic carbocycles. The lowest BCUT2D eigenvalue weighted by molar-refractivity contribution is -0.274. The summed E-state index contributed by atoms with van der Waals surface area (Å²) >= 11 is 3.14. The molecule has 0 atom stereocenters. The molecule has 0 aliphatic heterocycles. The monoisotopic (exact) mass is 335 g/mol. The Kier molecular flexibility index (Phi) is 4.04. The SMILES string of the molecule is FC(F)(F)Oc1ccccc1NCc1ccc(Br)o1. The van der Waals surface area contributed by atoms with Crippen LogP contribution in [0.15, 0.2) is 45.5 Å². The lowest BCUT2D eigenvalue weighted by Gasteiger charge is -2.13. The van der Waals surface area contributed by atoms with Crippen LogP contribution in [0.3, 0.4) is 0 Å². The Bertz CT molecular complexity index is 554. The minimum absolute atomic E-state index is 0.243. The number of ether oxygens (including phenoxy) is 1. The maximum Gasteiger partial charge on any atom is 0.573 e. The molecule has 3 nitrogen and oxygen atoms in total. The van der Waals surface area contributed by atoms with Gasteiger partial charge in [0.25, 0.3) is 0 Å². The van der Waals surface area contributed by atoms with E-state index in [0.29, 0.717) is 10.4 Å². The molecule has 2 aromatic rings. The van der Waals surface area contributed by atoms with Crippen LogP contribution >= 0.6 is 15.9 Å². The highest BCUT2D eigenvalue weighted by Gasteiger charge is 2.32. The van der Waals surface area contributed by atoms with Crippen LogP contribution in [0, 0.1) is 0 Å². The molecule has 1 N–H and O–H groups in total. The highest BCUT2D eigenvalue weighted by atomic mass is 79.9. The molecule has 1 heterocycles. The maximum absolute atomic E-state index is 12.2.